The summed E-state index contributed by atoms with van der Waals surface area (Å²) in [5, 5.41) is 0. The normalized spacial score (nSPS) is 23.0. The van der Waals surface area contributed by atoms with Crippen molar-refractivity contribution in [1.82, 2.24) is 0 Å². The molecule has 0 aromatic heterocycles. The summed E-state index contributed by atoms with van der Waals surface area (Å²) in [6, 6.07) is 15.3. The van der Waals surface area contributed by atoms with Gasteiger partial charge in [0.25, 0.3) is 0 Å². The number of rotatable bonds is 3. The van der Waals surface area contributed by atoms with Gasteiger partial charge in [0.1, 0.15) is 6.10 Å². The lowest BCUT2D eigenvalue weighted by Gasteiger charge is -2.30. The van der Waals surface area contributed by atoms with Gasteiger partial charge in [-0.05, 0) is 23.6 Å². The molecule has 2 unspecified atom stereocenters. The zero-order chi connectivity index (χ0) is 18.5. The van der Waals surface area contributed by atoms with Crippen molar-refractivity contribution in [2.75, 3.05) is 14.2 Å². The molecule has 0 spiro atoms. The zero-order valence-electron chi connectivity index (χ0n) is 14.7. The summed E-state index contributed by atoms with van der Waals surface area (Å²) in [7, 11) is 2.59. The van der Waals surface area contributed by atoms with E-state index < -0.39 is 23.6 Å². The third kappa shape index (κ3) is 2.01. The standard InChI is InChI=1S/C21H18O5/c1-12-9-10-15-14(11-12)18-16(19(22)24-2)17(20(23)25-3)21(15,26-18)13-7-5-4-6-8-13/h4-11,18H,1-3H3. The minimum absolute atomic E-state index is 0.194. The first-order chi connectivity index (χ1) is 12.5. The number of carbonyl (C=O) groups excluding carboxylic acids is 2. The fraction of sp³-hybridized carbons (Fsp3) is 0.238. The second-order valence-corrected chi connectivity index (χ2v) is 6.41. The molecule has 0 fully saturated rings. The van der Waals surface area contributed by atoms with Crippen molar-refractivity contribution < 1.29 is 23.8 Å². The van der Waals surface area contributed by atoms with Crippen molar-refractivity contribution in [1.29, 1.82) is 0 Å². The van der Waals surface area contributed by atoms with Crippen LogP contribution in [0.4, 0.5) is 0 Å². The van der Waals surface area contributed by atoms with E-state index in [9.17, 15) is 9.59 Å². The van der Waals surface area contributed by atoms with E-state index in [1.54, 1.807) is 0 Å². The molecule has 2 aromatic carbocycles. The van der Waals surface area contributed by atoms with E-state index in [-0.39, 0.29) is 11.1 Å². The molecule has 2 aliphatic rings. The lowest BCUT2D eigenvalue weighted by atomic mass is 9.73. The highest BCUT2D eigenvalue weighted by Gasteiger charge is 2.61. The highest BCUT2D eigenvalue weighted by Crippen LogP contribution is 2.61. The van der Waals surface area contributed by atoms with E-state index in [2.05, 4.69) is 0 Å². The van der Waals surface area contributed by atoms with Crippen LogP contribution < -0.4 is 0 Å². The van der Waals surface area contributed by atoms with Crippen LogP contribution in [0.3, 0.4) is 0 Å². The van der Waals surface area contributed by atoms with Gasteiger partial charge in [0.2, 0.25) is 0 Å². The molecule has 0 aliphatic carbocycles. The lowest BCUT2D eigenvalue weighted by Crippen LogP contribution is -2.33. The average Bonchev–Trinajstić information content (AvgIpc) is 3.20. The van der Waals surface area contributed by atoms with Crippen LogP contribution in [-0.4, -0.2) is 26.2 Å². The summed E-state index contributed by atoms with van der Waals surface area (Å²) >= 11 is 0. The molecule has 0 saturated heterocycles. The largest absolute Gasteiger partial charge is 0.466 e. The van der Waals surface area contributed by atoms with Crippen LogP contribution in [0.1, 0.15) is 28.4 Å². The molecule has 2 atom stereocenters. The maximum Gasteiger partial charge on any atom is 0.338 e. The summed E-state index contributed by atoms with van der Waals surface area (Å²) in [6.07, 6.45) is -0.661. The van der Waals surface area contributed by atoms with Crippen LogP contribution in [0.25, 0.3) is 0 Å². The lowest BCUT2D eigenvalue weighted by molar-refractivity contribution is -0.139. The number of aryl methyl sites for hydroxylation is 1. The van der Waals surface area contributed by atoms with Crippen molar-refractivity contribution in [3.05, 3.63) is 81.9 Å². The van der Waals surface area contributed by atoms with Crippen molar-refractivity contribution in [2.45, 2.75) is 18.6 Å². The van der Waals surface area contributed by atoms with Crippen molar-refractivity contribution in [3.63, 3.8) is 0 Å². The molecule has 5 heteroatoms. The van der Waals surface area contributed by atoms with Gasteiger partial charge in [-0.2, -0.15) is 0 Å². The van der Waals surface area contributed by atoms with Gasteiger partial charge in [-0.1, -0.05) is 54.1 Å². The van der Waals surface area contributed by atoms with Crippen molar-refractivity contribution >= 4 is 11.9 Å². The van der Waals surface area contributed by atoms with Crippen LogP contribution in [0, 0.1) is 6.92 Å². The molecule has 2 heterocycles. The number of carbonyl (C=O) groups is 2. The van der Waals surface area contributed by atoms with Gasteiger partial charge in [0.15, 0.2) is 5.60 Å². The Kier molecular flexibility index (Phi) is 3.70. The predicted octanol–water partition coefficient (Wildman–Crippen LogP) is 2.97. The summed E-state index contributed by atoms with van der Waals surface area (Å²) in [5.74, 6) is -1.18. The number of fused-ring (bicyclic) bond motifs is 5. The molecule has 0 saturated carbocycles. The van der Waals surface area contributed by atoms with E-state index in [4.69, 9.17) is 14.2 Å². The van der Waals surface area contributed by atoms with Gasteiger partial charge in [-0.15, -0.1) is 0 Å². The smallest absolute Gasteiger partial charge is 0.338 e. The molecular formula is C21H18O5. The van der Waals surface area contributed by atoms with Crippen LogP contribution >= 0.6 is 0 Å². The Hall–Kier alpha value is -2.92. The summed E-state index contributed by atoms with van der Waals surface area (Å²) in [4.78, 5) is 25.3. The average molecular weight is 350 g/mol. The molecule has 132 valence electrons. The molecule has 0 N–H and O–H groups in total. The van der Waals surface area contributed by atoms with Crippen LogP contribution in [0.2, 0.25) is 0 Å². The Morgan fingerprint density at radius 3 is 2.35 bits per heavy atom. The predicted molar refractivity (Wildman–Crippen MR) is 93.3 cm³/mol. The minimum atomic E-state index is -1.18. The van der Waals surface area contributed by atoms with Crippen LogP contribution in [-0.2, 0) is 29.4 Å². The maximum atomic E-state index is 12.7. The Bertz CT molecular complexity index is 944. The molecule has 2 aliphatic heterocycles. The molecular weight excluding hydrogens is 332 g/mol. The van der Waals surface area contributed by atoms with E-state index in [1.807, 2.05) is 55.5 Å². The van der Waals surface area contributed by atoms with Gasteiger partial charge in [-0.25, -0.2) is 9.59 Å². The monoisotopic (exact) mass is 350 g/mol. The molecule has 2 aromatic rings. The second kappa shape index (κ2) is 5.81. The molecule has 0 radical (unpaired) electrons. The number of benzene rings is 2. The maximum absolute atomic E-state index is 12.7. The zero-order valence-corrected chi connectivity index (χ0v) is 14.7. The first kappa shape index (κ1) is 16.5. The first-order valence-corrected chi connectivity index (χ1v) is 8.30. The van der Waals surface area contributed by atoms with E-state index in [0.717, 1.165) is 22.3 Å². The quantitative estimate of drug-likeness (QED) is 0.797. The topological polar surface area (TPSA) is 61.8 Å². The van der Waals surface area contributed by atoms with E-state index in [1.165, 1.54) is 14.2 Å². The number of methoxy groups -OCH3 is 2. The highest BCUT2D eigenvalue weighted by atomic mass is 16.6. The molecule has 0 amide bonds. The molecule has 4 rings (SSSR count). The Balaban J connectivity index is 2.09. The Morgan fingerprint density at radius 1 is 1.00 bits per heavy atom. The number of hydrogen-bond donors (Lipinski definition) is 0. The fourth-order valence-corrected chi connectivity index (χ4v) is 3.97. The summed E-state index contributed by atoms with van der Waals surface area (Å²) < 4.78 is 16.3. The van der Waals surface area contributed by atoms with E-state index >= 15 is 0 Å². The SMILES string of the molecule is COC(=O)C1=C(C(=O)OC)C2(c3ccccc3)OC1c1cc(C)ccc12. The van der Waals surface area contributed by atoms with E-state index in [0.29, 0.717) is 0 Å². The minimum Gasteiger partial charge on any atom is -0.466 e. The Morgan fingerprint density at radius 2 is 1.69 bits per heavy atom. The van der Waals surface area contributed by atoms with Gasteiger partial charge in [0, 0.05) is 0 Å². The summed E-state index contributed by atoms with van der Waals surface area (Å²) in [6.45, 7) is 1.98. The summed E-state index contributed by atoms with van der Waals surface area (Å²) in [5.41, 5.74) is 2.78. The number of hydrogen-bond acceptors (Lipinski definition) is 5. The molecule has 26 heavy (non-hydrogen) atoms. The second-order valence-electron chi connectivity index (χ2n) is 6.41. The van der Waals surface area contributed by atoms with Gasteiger partial charge in [0.05, 0.1) is 25.4 Å². The number of ether oxygens (including phenoxy) is 3. The van der Waals surface area contributed by atoms with Crippen LogP contribution in [0.5, 0.6) is 0 Å². The molecule has 2 bridgehead atoms. The molecule has 5 nitrogen and oxygen atoms in total. The van der Waals surface area contributed by atoms with Gasteiger partial charge >= 0.3 is 11.9 Å². The Labute approximate surface area is 151 Å². The van der Waals surface area contributed by atoms with Gasteiger partial charge in [-0.3, -0.25) is 0 Å². The van der Waals surface area contributed by atoms with Crippen LogP contribution in [0.15, 0.2) is 59.7 Å². The fourth-order valence-electron chi connectivity index (χ4n) is 3.97. The number of esters is 2. The third-order valence-electron chi connectivity index (χ3n) is 5.02. The van der Waals surface area contributed by atoms with Crippen molar-refractivity contribution in [3.8, 4) is 0 Å². The highest BCUT2D eigenvalue weighted by molar-refractivity contribution is 6.05. The van der Waals surface area contributed by atoms with Crippen molar-refractivity contribution in [2.24, 2.45) is 0 Å². The first-order valence-electron chi connectivity index (χ1n) is 8.30. The third-order valence-corrected chi connectivity index (χ3v) is 5.02. The van der Waals surface area contributed by atoms with Gasteiger partial charge < -0.3 is 14.2 Å².